The lowest BCUT2D eigenvalue weighted by Crippen LogP contribution is -2.32. The summed E-state index contributed by atoms with van der Waals surface area (Å²) in [5, 5.41) is 11.1. The van der Waals surface area contributed by atoms with Gasteiger partial charge in [0, 0.05) is 25.5 Å². The summed E-state index contributed by atoms with van der Waals surface area (Å²) in [7, 11) is 1.56. The second-order valence-corrected chi connectivity index (χ2v) is 6.64. The molecular weight excluding hydrogens is 356 g/mol. The third-order valence-corrected chi connectivity index (χ3v) is 4.79. The second-order valence-electron chi connectivity index (χ2n) is 6.64. The van der Waals surface area contributed by atoms with Gasteiger partial charge in [-0.1, -0.05) is 12.1 Å². The maximum Gasteiger partial charge on any atom is 0.255 e. The summed E-state index contributed by atoms with van der Waals surface area (Å²) >= 11 is 0. The Kier molecular flexibility index (Phi) is 5.34. The lowest BCUT2D eigenvalue weighted by molar-refractivity contribution is 0.0855. The molecule has 1 aromatic carbocycles. The van der Waals surface area contributed by atoms with Gasteiger partial charge >= 0.3 is 0 Å². The minimum atomic E-state index is -0.183. The summed E-state index contributed by atoms with van der Waals surface area (Å²) in [5.74, 6) is 0.319. The van der Waals surface area contributed by atoms with Gasteiger partial charge in [-0.3, -0.25) is 14.9 Å². The molecule has 0 spiro atoms. The quantitative estimate of drug-likeness (QED) is 0.688. The van der Waals surface area contributed by atoms with Gasteiger partial charge in [0.05, 0.1) is 35.4 Å². The minimum absolute atomic E-state index is 0.0885. The first kappa shape index (κ1) is 18.2. The van der Waals surface area contributed by atoms with Crippen molar-refractivity contribution < 1.29 is 14.3 Å². The number of ether oxygens (including phenoxy) is 2. The molecule has 2 aromatic heterocycles. The zero-order valence-corrected chi connectivity index (χ0v) is 15.6. The third kappa shape index (κ3) is 3.75. The minimum Gasteiger partial charge on any atom is -0.495 e. The van der Waals surface area contributed by atoms with E-state index in [-0.39, 0.29) is 12.0 Å². The Morgan fingerprint density at radius 1 is 1.39 bits per heavy atom. The Morgan fingerprint density at radius 2 is 2.32 bits per heavy atom. The standard InChI is InChI=1S/C21H22N4O3/c1-27-20-16(21(26)23-13-15-5-3-11-28-15)7-9-18-19(20)17(24-25-18)8-6-14-4-2-10-22-12-14/h2,4,6-10,12,15H,3,5,11,13H2,1H3,(H,23,26)(H,24,25). The Hall–Kier alpha value is -3.19. The molecule has 1 fully saturated rings. The molecule has 0 saturated carbocycles. The molecule has 1 aliphatic heterocycles. The predicted molar refractivity (Wildman–Crippen MR) is 107 cm³/mol. The molecule has 2 N–H and O–H groups in total. The van der Waals surface area contributed by atoms with Crippen molar-refractivity contribution in [1.82, 2.24) is 20.5 Å². The van der Waals surface area contributed by atoms with Crippen LogP contribution in [0.15, 0.2) is 36.7 Å². The van der Waals surface area contributed by atoms with Crippen LogP contribution in [0.1, 0.15) is 34.5 Å². The van der Waals surface area contributed by atoms with Crippen molar-refractivity contribution in [2.24, 2.45) is 0 Å². The number of hydrogen-bond acceptors (Lipinski definition) is 5. The van der Waals surface area contributed by atoms with E-state index < -0.39 is 0 Å². The van der Waals surface area contributed by atoms with Gasteiger partial charge in [-0.2, -0.15) is 5.10 Å². The molecule has 4 rings (SSSR count). The number of carbonyl (C=O) groups excluding carboxylic acids is 1. The summed E-state index contributed by atoms with van der Waals surface area (Å²) in [6, 6.07) is 7.42. The van der Waals surface area contributed by atoms with Crippen molar-refractivity contribution in [3.8, 4) is 5.75 Å². The summed E-state index contributed by atoms with van der Waals surface area (Å²) in [6.07, 6.45) is 9.40. The molecule has 0 aliphatic carbocycles. The molecule has 28 heavy (non-hydrogen) atoms. The molecule has 3 aromatic rings. The van der Waals surface area contributed by atoms with E-state index in [1.165, 1.54) is 0 Å². The van der Waals surface area contributed by atoms with E-state index in [1.807, 2.05) is 30.4 Å². The Bertz CT molecular complexity index is 992. The number of amides is 1. The number of H-pyrrole nitrogens is 1. The third-order valence-electron chi connectivity index (χ3n) is 4.79. The van der Waals surface area contributed by atoms with Crippen molar-refractivity contribution in [2.75, 3.05) is 20.3 Å². The molecule has 7 nitrogen and oxygen atoms in total. The van der Waals surface area contributed by atoms with Crippen LogP contribution >= 0.6 is 0 Å². The maximum absolute atomic E-state index is 12.7. The first-order valence-electron chi connectivity index (χ1n) is 9.29. The van der Waals surface area contributed by atoms with Gasteiger partial charge in [0.2, 0.25) is 0 Å². The average molecular weight is 378 g/mol. The smallest absolute Gasteiger partial charge is 0.255 e. The fourth-order valence-electron chi connectivity index (χ4n) is 3.37. The molecule has 7 heteroatoms. The molecule has 0 bridgehead atoms. The Labute approximate surface area is 162 Å². The lowest BCUT2D eigenvalue weighted by atomic mass is 10.1. The van der Waals surface area contributed by atoms with Crippen LogP contribution < -0.4 is 10.1 Å². The fraction of sp³-hybridized carbons (Fsp3) is 0.286. The first-order valence-corrected chi connectivity index (χ1v) is 9.29. The summed E-state index contributed by atoms with van der Waals surface area (Å²) < 4.78 is 11.2. The van der Waals surface area contributed by atoms with E-state index >= 15 is 0 Å². The summed E-state index contributed by atoms with van der Waals surface area (Å²) in [5.41, 5.74) is 2.94. The van der Waals surface area contributed by atoms with Gasteiger partial charge < -0.3 is 14.8 Å². The number of aromatic amines is 1. The molecule has 0 radical (unpaired) electrons. The molecule has 144 valence electrons. The number of fused-ring (bicyclic) bond motifs is 1. The molecule has 1 saturated heterocycles. The summed E-state index contributed by atoms with van der Waals surface area (Å²) in [4.78, 5) is 16.8. The van der Waals surface area contributed by atoms with Crippen LogP contribution in [0.25, 0.3) is 23.1 Å². The number of rotatable bonds is 6. The molecule has 1 amide bonds. The van der Waals surface area contributed by atoms with E-state index in [9.17, 15) is 4.79 Å². The van der Waals surface area contributed by atoms with E-state index in [0.717, 1.165) is 35.9 Å². The van der Waals surface area contributed by atoms with Crippen LogP contribution in [0, 0.1) is 0 Å². The Balaban J connectivity index is 1.63. The fourth-order valence-corrected chi connectivity index (χ4v) is 3.37. The van der Waals surface area contributed by atoms with Crippen LogP contribution in [-0.4, -0.2) is 47.5 Å². The highest BCUT2D eigenvalue weighted by Gasteiger charge is 2.21. The number of carbonyl (C=O) groups is 1. The number of pyridine rings is 1. The van der Waals surface area contributed by atoms with Crippen LogP contribution in [-0.2, 0) is 4.74 Å². The topological polar surface area (TPSA) is 89.1 Å². The number of hydrogen-bond donors (Lipinski definition) is 2. The average Bonchev–Trinajstić information content (AvgIpc) is 3.40. The second kappa shape index (κ2) is 8.22. The van der Waals surface area contributed by atoms with E-state index in [0.29, 0.717) is 23.6 Å². The van der Waals surface area contributed by atoms with Crippen molar-refractivity contribution in [2.45, 2.75) is 18.9 Å². The van der Waals surface area contributed by atoms with E-state index in [1.54, 1.807) is 25.6 Å². The van der Waals surface area contributed by atoms with Gasteiger partial charge in [-0.15, -0.1) is 0 Å². The highest BCUT2D eigenvalue weighted by atomic mass is 16.5. The SMILES string of the molecule is COc1c(C(=O)NCC2CCCO2)ccc2[nH]nc(C=Cc3cccnc3)c12. The number of methoxy groups -OCH3 is 1. The first-order chi connectivity index (χ1) is 13.8. The van der Waals surface area contributed by atoms with Crippen LogP contribution in [0.5, 0.6) is 5.75 Å². The van der Waals surface area contributed by atoms with Gasteiger partial charge in [0.1, 0.15) is 5.75 Å². The van der Waals surface area contributed by atoms with Crippen molar-refractivity contribution >= 4 is 29.0 Å². The Morgan fingerprint density at radius 3 is 3.07 bits per heavy atom. The lowest BCUT2D eigenvalue weighted by Gasteiger charge is -2.13. The highest BCUT2D eigenvalue weighted by Crippen LogP contribution is 2.32. The van der Waals surface area contributed by atoms with Crippen molar-refractivity contribution in [3.05, 3.63) is 53.5 Å². The zero-order chi connectivity index (χ0) is 19.3. The molecule has 1 aliphatic rings. The monoisotopic (exact) mass is 378 g/mol. The van der Waals surface area contributed by atoms with Crippen LogP contribution in [0.2, 0.25) is 0 Å². The van der Waals surface area contributed by atoms with Crippen molar-refractivity contribution in [1.29, 1.82) is 0 Å². The predicted octanol–water partition coefficient (Wildman–Crippen LogP) is 3.05. The van der Waals surface area contributed by atoms with E-state index in [2.05, 4.69) is 20.5 Å². The molecule has 3 heterocycles. The van der Waals surface area contributed by atoms with Gasteiger partial charge in [-0.25, -0.2) is 0 Å². The summed E-state index contributed by atoms with van der Waals surface area (Å²) in [6.45, 7) is 1.26. The van der Waals surface area contributed by atoms with E-state index in [4.69, 9.17) is 9.47 Å². The van der Waals surface area contributed by atoms with Crippen molar-refractivity contribution in [3.63, 3.8) is 0 Å². The number of nitrogens with one attached hydrogen (secondary N) is 2. The highest BCUT2D eigenvalue weighted by molar-refractivity contribution is 6.05. The number of nitrogens with zero attached hydrogens (tertiary/aromatic N) is 2. The van der Waals surface area contributed by atoms with Crippen LogP contribution in [0.3, 0.4) is 0 Å². The number of benzene rings is 1. The molecule has 1 atom stereocenters. The van der Waals surface area contributed by atoms with Crippen LogP contribution in [0.4, 0.5) is 0 Å². The largest absolute Gasteiger partial charge is 0.495 e. The molecular formula is C21H22N4O3. The maximum atomic E-state index is 12.7. The molecule has 1 unspecified atom stereocenters. The zero-order valence-electron chi connectivity index (χ0n) is 15.6. The van der Waals surface area contributed by atoms with Gasteiger partial charge in [0.25, 0.3) is 5.91 Å². The van der Waals surface area contributed by atoms with Gasteiger partial charge in [-0.05, 0) is 42.7 Å². The van der Waals surface area contributed by atoms with Gasteiger partial charge in [0.15, 0.2) is 0 Å². The number of aromatic nitrogens is 3. The normalized spacial score (nSPS) is 16.7.